The van der Waals surface area contributed by atoms with Crippen LogP contribution in [0.5, 0.6) is 0 Å². The Kier molecular flexibility index (Phi) is 4.47. The average molecular weight is 235 g/mol. The molecule has 1 aliphatic carbocycles. The van der Waals surface area contributed by atoms with E-state index in [2.05, 4.69) is 0 Å². The minimum atomic E-state index is -0.955. The Labute approximate surface area is 99.0 Å². The van der Waals surface area contributed by atoms with Crippen molar-refractivity contribution >= 4 is 11.9 Å². The van der Waals surface area contributed by atoms with E-state index in [0.717, 1.165) is 0 Å². The van der Waals surface area contributed by atoms with Crippen molar-refractivity contribution in [3.63, 3.8) is 0 Å². The summed E-state index contributed by atoms with van der Waals surface area (Å²) in [7, 11) is 0. The van der Waals surface area contributed by atoms with Crippen molar-refractivity contribution in [3.05, 3.63) is 0 Å². The topological polar surface area (TPSA) is 105 Å². The molecule has 0 bridgehead atoms. The maximum atomic E-state index is 11.9. The highest BCUT2D eigenvalue weighted by molar-refractivity contribution is 5.89. The zero-order valence-electron chi connectivity index (χ0n) is 9.30. The third-order valence-electron chi connectivity index (χ3n) is 2.72. The summed E-state index contributed by atoms with van der Waals surface area (Å²) >= 11 is 0. The number of carboxylic acids is 1. The molecule has 1 rings (SSSR count). The van der Waals surface area contributed by atoms with E-state index in [1.165, 1.54) is 4.90 Å². The molecule has 1 fully saturated rings. The average Bonchev–Trinajstić information content (AvgIpc) is 3.08. The second-order valence-corrected chi connectivity index (χ2v) is 3.93. The van der Waals surface area contributed by atoms with E-state index in [-0.39, 0.29) is 31.8 Å². The van der Waals surface area contributed by atoms with E-state index in [0.29, 0.717) is 6.42 Å². The Hall–Kier alpha value is -2.08. The van der Waals surface area contributed by atoms with E-state index < -0.39 is 17.8 Å². The number of hydrogen-bond acceptors (Lipinski definition) is 4. The lowest BCUT2D eigenvalue weighted by Gasteiger charge is -2.20. The van der Waals surface area contributed by atoms with Crippen molar-refractivity contribution < 1.29 is 14.7 Å². The van der Waals surface area contributed by atoms with Crippen molar-refractivity contribution in [3.8, 4) is 12.1 Å². The molecule has 0 heterocycles. The first-order chi connectivity index (χ1) is 8.11. The fourth-order valence-electron chi connectivity index (χ4n) is 1.68. The number of carbonyl (C=O) groups is 2. The number of carbonyl (C=O) groups excluding carboxylic acids is 1. The Morgan fingerprint density at radius 1 is 1.18 bits per heavy atom. The van der Waals surface area contributed by atoms with Gasteiger partial charge in [-0.05, 0) is 6.42 Å². The Balaban J connectivity index is 2.52. The van der Waals surface area contributed by atoms with Gasteiger partial charge >= 0.3 is 5.97 Å². The van der Waals surface area contributed by atoms with Crippen molar-refractivity contribution in [1.29, 1.82) is 10.5 Å². The van der Waals surface area contributed by atoms with Crippen LogP contribution in [0.15, 0.2) is 0 Å². The molecule has 90 valence electrons. The molecule has 1 saturated carbocycles. The predicted molar refractivity (Wildman–Crippen MR) is 56.3 cm³/mol. The molecule has 6 heteroatoms. The minimum Gasteiger partial charge on any atom is -0.481 e. The number of hydrogen-bond donors (Lipinski definition) is 1. The second-order valence-electron chi connectivity index (χ2n) is 3.93. The van der Waals surface area contributed by atoms with E-state index in [9.17, 15) is 9.59 Å². The third-order valence-corrected chi connectivity index (χ3v) is 2.72. The van der Waals surface area contributed by atoms with E-state index in [1.807, 2.05) is 12.1 Å². The molecule has 2 unspecified atom stereocenters. The molecular formula is C11H13N3O3. The number of aliphatic carboxylic acids is 1. The van der Waals surface area contributed by atoms with Crippen LogP contribution in [0.2, 0.25) is 0 Å². The first-order valence-corrected chi connectivity index (χ1v) is 5.37. The first-order valence-electron chi connectivity index (χ1n) is 5.37. The van der Waals surface area contributed by atoms with Crippen molar-refractivity contribution in [2.24, 2.45) is 11.8 Å². The van der Waals surface area contributed by atoms with Crippen LogP contribution in [-0.2, 0) is 9.59 Å². The monoisotopic (exact) mass is 235 g/mol. The molecule has 0 aromatic heterocycles. The molecule has 0 aromatic carbocycles. The number of nitriles is 2. The molecule has 0 spiro atoms. The largest absolute Gasteiger partial charge is 0.481 e. The lowest BCUT2D eigenvalue weighted by atomic mass is 10.2. The summed E-state index contributed by atoms with van der Waals surface area (Å²) in [5.74, 6) is -2.26. The minimum absolute atomic E-state index is 0.196. The van der Waals surface area contributed by atoms with Crippen LogP contribution in [0.4, 0.5) is 0 Å². The second kappa shape index (κ2) is 5.86. The van der Waals surface area contributed by atoms with Crippen molar-refractivity contribution in [2.75, 3.05) is 13.1 Å². The molecule has 0 saturated heterocycles. The van der Waals surface area contributed by atoms with Crippen LogP contribution < -0.4 is 0 Å². The van der Waals surface area contributed by atoms with Crippen molar-refractivity contribution in [2.45, 2.75) is 19.3 Å². The number of nitrogens with zero attached hydrogens (tertiary/aromatic N) is 3. The summed E-state index contributed by atoms with van der Waals surface area (Å²) in [4.78, 5) is 23.9. The van der Waals surface area contributed by atoms with Crippen LogP contribution in [0, 0.1) is 34.5 Å². The number of carboxylic acid groups (broad SMARTS) is 1. The summed E-state index contributed by atoms with van der Waals surface area (Å²) in [6.07, 6.45) is 0.757. The molecule has 0 aromatic rings. The zero-order valence-corrected chi connectivity index (χ0v) is 9.30. The summed E-state index contributed by atoms with van der Waals surface area (Å²) in [5, 5.41) is 25.7. The molecule has 1 aliphatic rings. The van der Waals surface area contributed by atoms with E-state index in [1.54, 1.807) is 0 Å². The number of rotatable bonds is 6. The molecule has 17 heavy (non-hydrogen) atoms. The maximum Gasteiger partial charge on any atom is 0.307 e. The normalized spacial score (nSPS) is 21.1. The zero-order chi connectivity index (χ0) is 12.8. The predicted octanol–water partition coefficient (Wildman–Crippen LogP) is 0.363. The van der Waals surface area contributed by atoms with Gasteiger partial charge in [-0.3, -0.25) is 9.59 Å². The van der Waals surface area contributed by atoms with Gasteiger partial charge in [0.25, 0.3) is 0 Å². The van der Waals surface area contributed by atoms with Gasteiger partial charge in [0.15, 0.2) is 0 Å². The van der Waals surface area contributed by atoms with Gasteiger partial charge in [-0.15, -0.1) is 0 Å². The fourth-order valence-corrected chi connectivity index (χ4v) is 1.68. The van der Waals surface area contributed by atoms with Crippen LogP contribution in [0.1, 0.15) is 19.3 Å². The van der Waals surface area contributed by atoms with Gasteiger partial charge < -0.3 is 10.0 Å². The SMILES string of the molecule is N#CCCN(CCC#N)C(=O)C1CC1C(=O)O. The summed E-state index contributed by atoms with van der Waals surface area (Å²) < 4.78 is 0. The Bertz CT molecular complexity index is 376. The first kappa shape index (κ1) is 13.0. The molecular weight excluding hydrogens is 222 g/mol. The Morgan fingerprint density at radius 3 is 2.06 bits per heavy atom. The van der Waals surface area contributed by atoms with Gasteiger partial charge in [0.2, 0.25) is 5.91 Å². The van der Waals surface area contributed by atoms with Crippen LogP contribution in [0.25, 0.3) is 0 Å². The van der Waals surface area contributed by atoms with Gasteiger partial charge in [-0.25, -0.2) is 0 Å². The molecule has 1 amide bonds. The highest BCUT2D eigenvalue weighted by atomic mass is 16.4. The molecule has 0 aliphatic heterocycles. The molecule has 1 N–H and O–H groups in total. The summed E-state index contributed by atoms with van der Waals surface area (Å²) in [6.45, 7) is 0.527. The highest BCUT2D eigenvalue weighted by Gasteiger charge is 2.49. The smallest absolute Gasteiger partial charge is 0.307 e. The number of amides is 1. The van der Waals surface area contributed by atoms with Crippen LogP contribution in [0.3, 0.4) is 0 Å². The van der Waals surface area contributed by atoms with Crippen LogP contribution >= 0.6 is 0 Å². The third kappa shape index (κ3) is 3.46. The van der Waals surface area contributed by atoms with E-state index >= 15 is 0 Å². The Morgan fingerprint density at radius 2 is 1.71 bits per heavy atom. The molecule has 2 atom stereocenters. The summed E-state index contributed by atoms with van der Waals surface area (Å²) in [5.41, 5.74) is 0. The van der Waals surface area contributed by atoms with Gasteiger partial charge in [0, 0.05) is 13.1 Å². The molecule has 6 nitrogen and oxygen atoms in total. The maximum absolute atomic E-state index is 11.9. The van der Waals surface area contributed by atoms with Gasteiger partial charge in [0.1, 0.15) is 0 Å². The quantitative estimate of drug-likeness (QED) is 0.715. The lowest BCUT2D eigenvalue weighted by molar-refractivity contribution is -0.142. The lowest BCUT2D eigenvalue weighted by Crippen LogP contribution is -2.34. The fraction of sp³-hybridized carbons (Fsp3) is 0.636. The summed E-state index contributed by atoms with van der Waals surface area (Å²) in [6, 6.07) is 3.86. The van der Waals surface area contributed by atoms with E-state index in [4.69, 9.17) is 15.6 Å². The van der Waals surface area contributed by atoms with Gasteiger partial charge in [-0.1, -0.05) is 0 Å². The van der Waals surface area contributed by atoms with Gasteiger partial charge in [0.05, 0.1) is 36.8 Å². The van der Waals surface area contributed by atoms with Crippen molar-refractivity contribution in [1.82, 2.24) is 4.90 Å². The van der Waals surface area contributed by atoms with Crippen LogP contribution in [-0.4, -0.2) is 35.0 Å². The van der Waals surface area contributed by atoms with Gasteiger partial charge in [-0.2, -0.15) is 10.5 Å². The highest BCUT2D eigenvalue weighted by Crippen LogP contribution is 2.40. The standard InChI is InChI=1S/C11H13N3O3/c12-3-1-5-14(6-2-4-13)10(15)8-7-9(8)11(16)17/h8-9H,1-2,5-7H2,(H,16,17). The molecule has 0 radical (unpaired) electrons.